The standard InChI is InChI=1S/C14H8F13NO.2ClH.Ti/c1-6-3-2-4-7(8(6)29)5-28-14(26,27)12(21,22)10(17,18)9(15,16)11(19,20)13(23,24)25;;;/h2-5,29H,1H3;2*1H;/q;;;+2/p-2/b28-5+;;;. The maximum atomic E-state index is 13.5. The second-order valence-corrected chi connectivity index (χ2v) is 8.26. The van der Waals surface area contributed by atoms with Gasteiger partial charge in [0.05, 0.1) is 0 Å². The number of rotatable bonds is 6. The van der Waals surface area contributed by atoms with Crippen LogP contribution in [0.4, 0.5) is 57.1 Å². The number of aryl methyl sites for hydroxylation is 1. The van der Waals surface area contributed by atoms with Crippen molar-refractivity contribution >= 4 is 24.8 Å². The van der Waals surface area contributed by atoms with Crippen LogP contribution in [-0.4, -0.2) is 47.2 Å². The molecule has 0 atom stereocenters. The number of para-hydroxylation sites is 1. The van der Waals surface area contributed by atoms with Crippen molar-refractivity contribution in [1.82, 2.24) is 0 Å². The zero-order valence-corrected chi connectivity index (χ0v) is 17.9. The molecule has 184 valence electrons. The van der Waals surface area contributed by atoms with Gasteiger partial charge in [-0.3, -0.25) is 0 Å². The topological polar surface area (TPSA) is 32.6 Å². The summed E-state index contributed by atoms with van der Waals surface area (Å²) < 4.78 is 168. The van der Waals surface area contributed by atoms with Crippen molar-refractivity contribution in [1.29, 1.82) is 0 Å². The molecule has 1 N–H and O–H groups in total. The van der Waals surface area contributed by atoms with E-state index in [1.54, 1.807) is 4.99 Å². The summed E-state index contributed by atoms with van der Waals surface area (Å²) >= 11 is -0.556. The van der Waals surface area contributed by atoms with Gasteiger partial charge in [-0.1, -0.05) is 12.1 Å². The van der Waals surface area contributed by atoms with Crippen LogP contribution in [0.25, 0.3) is 0 Å². The third-order valence-electron chi connectivity index (χ3n) is 3.55. The predicted molar refractivity (Wildman–Crippen MR) is 82.9 cm³/mol. The first-order valence-electron chi connectivity index (χ1n) is 7.32. The van der Waals surface area contributed by atoms with Crippen molar-refractivity contribution in [2.24, 2.45) is 4.99 Å². The minimum absolute atomic E-state index is 0.0503. The molecule has 0 spiro atoms. The molecule has 0 fully saturated rings. The Morgan fingerprint density at radius 1 is 0.781 bits per heavy atom. The van der Waals surface area contributed by atoms with Crippen molar-refractivity contribution < 1.29 is 79.2 Å². The number of phenols is 1. The van der Waals surface area contributed by atoms with E-state index in [4.69, 9.17) is 18.6 Å². The summed E-state index contributed by atoms with van der Waals surface area (Å²) in [5.74, 6) is -32.0. The fourth-order valence-corrected chi connectivity index (χ4v) is 1.78. The van der Waals surface area contributed by atoms with Crippen molar-refractivity contribution in [3.8, 4) is 5.75 Å². The number of hydrogen-bond donors (Lipinski definition) is 1. The van der Waals surface area contributed by atoms with Gasteiger partial charge in [0, 0.05) is 11.8 Å². The Labute approximate surface area is 187 Å². The van der Waals surface area contributed by atoms with Crippen LogP contribution in [0.2, 0.25) is 0 Å². The molecule has 1 aromatic rings. The summed E-state index contributed by atoms with van der Waals surface area (Å²) in [5.41, 5.74) is -0.845. The third kappa shape index (κ3) is 5.58. The zero-order valence-electron chi connectivity index (χ0n) is 14.9. The van der Waals surface area contributed by atoms with Crippen LogP contribution in [0.5, 0.6) is 5.75 Å². The van der Waals surface area contributed by atoms with Crippen LogP contribution < -0.4 is 0 Å². The van der Waals surface area contributed by atoms with Gasteiger partial charge in [-0.15, -0.1) is 0 Å². The normalized spacial score (nSPS) is 14.2. The van der Waals surface area contributed by atoms with E-state index in [9.17, 15) is 62.2 Å². The average molecular weight is 572 g/mol. The molecule has 0 aromatic heterocycles. The Kier molecular flexibility index (Phi) is 9.85. The summed E-state index contributed by atoms with van der Waals surface area (Å²) in [6, 6.07) is -3.63. The monoisotopic (exact) mass is 571 g/mol. The Morgan fingerprint density at radius 3 is 1.59 bits per heavy atom. The number of benzene rings is 1. The van der Waals surface area contributed by atoms with E-state index >= 15 is 0 Å². The molecule has 32 heavy (non-hydrogen) atoms. The first-order valence-corrected chi connectivity index (χ1v) is 11.6. The summed E-state index contributed by atoms with van der Waals surface area (Å²) in [6.07, 6.45) is -7.84. The molecule has 0 saturated carbocycles. The molecule has 0 heterocycles. The van der Waals surface area contributed by atoms with Crippen LogP contribution in [-0.2, 0) is 17.0 Å². The molecule has 1 rings (SSSR count). The summed E-state index contributed by atoms with van der Waals surface area (Å²) in [7, 11) is 9.78. The van der Waals surface area contributed by atoms with E-state index in [0.29, 0.717) is 0 Å². The van der Waals surface area contributed by atoms with Crippen molar-refractivity contribution in [2.75, 3.05) is 0 Å². The average Bonchev–Trinajstić information content (AvgIpc) is 2.62. The van der Waals surface area contributed by atoms with Crippen LogP contribution in [0.3, 0.4) is 0 Å². The molecular formula is C14H8Cl2F13NOTi. The number of hydrogen-bond acceptors (Lipinski definition) is 2. The minimum atomic E-state index is -7.98. The molecule has 0 aliphatic rings. The van der Waals surface area contributed by atoms with E-state index < -0.39 is 64.3 Å². The number of halogens is 15. The molecule has 0 amide bonds. The molecule has 0 aliphatic carbocycles. The van der Waals surface area contributed by atoms with Crippen LogP contribution >= 0.6 is 18.6 Å². The molecular weight excluding hydrogens is 564 g/mol. The fourth-order valence-electron chi connectivity index (χ4n) is 1.78. The molecule has 18 heteroatoms. The molecule has 0 saturated heterocycles. The first-order chi connectivity index (χ1) is 14.1. The Morgan fingerprint density at radius 2 is 1.19 bits per heavy atom. The van der Waals surface area contributed by atoms with E-state index in [1.165, 1.54) is 13.0 Å². The first kappa shape index (κ1) is 31.1. The second-order valence-electron chi connectivity index (χ2n) is 5.68. The number of phenolic OH excluding ortho intramolecular Hbond substituents is 1. The van der Waals surface area contributed by atoms with Crippen molar-refractivity contribution in [2.45, 2.75) is 42.8 Å². The van der Waals surface area contributed by atoms with Gasteiger partial charge in [-0.2, -0.15) is 57.1 Å². The zero-order chi connectivity index (χ0) is 26.0. The quantitative estimate of drug-likeness (QED) is 0.167. The second kappa shape index (κ2) is 10.1. The van der Waals surface area contributed by atoms with Gasteiger partial charge in [0.15, 0.2) is 0 Å². The van der Waals surface area contributed by atoms with E-state index in [-0.39, 0.29) is 11.8 Å². The number of alkyl halides is 13. The number of aromatic hydroxyl groups is 1. The predicted octanol–water partition coefficient (Wildman–Crippen LogP) is 7.19. The maximum absolute atomic E-state index is 13.5. The van der Waals surface area contributed by atoms with Gasteiger partial charge in [-0.05, 0) is 18.6 Å². The van der Waals surface area contributed by atoms with Crippen molar-refractivity contribution in [3.05, 3.63) is 29.3 Å². The van der Waals surface area contributed by atoms with Crippen LogP contribution in [0.15, 0.2) is 23.2 Å². The number of aliphatic imine (C=N–C) groups is 1. The fraction of sp³-hybridized carbons (Fsp3) is 0.500. The SMILES string of the molecule is Cc1cccc(/C=N/C(F)(F)C(F)(F)C(F)(F)C(F)(F)C(F)(F)C(F)(F)F)c1O.[Cl][Ti][Cl]. The molecule has 1 aromatic carbocycles. The third-order valence-corrected chi connectivity index (χ3v) is 3.55. The molecule has 0 radical (unpaired) electrons. The Bertz CT molecular complexity index is 814. The Balaban J connectivity index is 0.00000302. The molecule has 0 unspecified atom stereocenters. The van der Waals surface area contributed by atoms with Gasteiger partial charge in [0.1, 0.15) is 5.75 Å². The van der Waals surface area contributed by atoms with Gasteiger partial charge < -0.3 is 5.11 Å². The van der Waals surface area contributed by atoms with Gasteiger partial charge in [0.2, 0.25) is 0 Å². The van der Waals surface area contributed by atoms with Gasteiger partial charge in [-0.25, -0.2) is 4.99 Å². The number of nitrogens with zero attached hydrogens (tertiary/aromatic N) is 1. The molecule has 0 bridgehead atoms. The van der Waals surface area contributed by atoms with E-state index in [1.807, 2.05) is 0 Å². The van der Waals surface area contributed by atoms with Gasteiger partial charge in [0.25, 0.3) is 0 Å². The van der Waals surface area contributed by atoms with Gasteiger partial charge >= 0.3 is 71.6 Å². The van der Waals surface area contributed by atoms with Crippen LogP contribution in [0, 0.1) is 6.92 Å². The Hall–Kier alpha value is -0.926. The summed E-state index contributed by atoms with van der Waals surface area (Å²) in [5, 5.41) is 9.47. The molecule has 0 aliphatic heterocycles. The van der Waals surface area contributed by atoms with E-state index in [2.05, 4.69) is 0 Å². The van der Waals surface area contributed by atoms with E-state index in [0.717, 1.165) is 12.1 Å². The summed E-state index contributed by atoms with van der Waals surface area (Å²) in [4.78, 5) is 1.62. The van der Waals surface area contributed by atoms with Crippen molar-refractivity contribution in [3.63, 3.8) is 0 Å². The summed E-state index contributed by atoms with van der Waals surface area (Å²) in [6.45, 7) is 1.17. The van der Waals surface area contributed by atoms with Crippen LogP contribution in [0.1, 0.15) is 11.1 Å². The molecule has 2 nitrogen and oxygen atoms in total.